The number of carboxylic acids is 1. The topological polar surface area (TPSA) is 54.4 Å². The molecule has 0 spiro atoms. The molecule has 0 aliphatic rings. The fraction of sp³-hybridized carbons (Fsp3) is 0.111. The second-order valence-electron chi connectivity index (χ2n) is 2.30. The average molecular weight is 163 g/mol. The fourth-order valence-electron chi connectivity index (χ4n) is 0.907. The van der Waals surface area contributed by atoms with Crippen molar-refractivity contribution in [2.75, 3.05) is 0 Å². The number of carboxylic acid groups (broad SMARTS) is 1. The van der Waals surface area contributed by atoms with Crippen LogP contribution in [-0.2, 0) is 9.59 Å². The average Bonchev–Trinajstić information content (AvgIpc) is 2.07. The summed E-state index contributed by atoms with van der Waals surface area (Å²) in [4.78, 5) is 20.7. The Kier molecular flexibility index (Phi) is 2.58. The molecule has 0 aliphatic carbocycles. The van der Waals surface area contributed by atoms with Gasteiger partial charge in [0.25, 0.3) is 0 Å². The highest BCUT2D eigenvalue weighted by molar-refractivity contribution is 5.93. The Bertz CT molecular complexity index is 279. The smallest absolute Gasteiger partial charge is 0.319 e. The van der Waals surface area contributed by atoms with Crippen molar-refractivity contribution in [3.05, 3.63) is 35.9 Å². The van der Waals surface area contributed by atoms with Crippen molar-refractivity contribution < 1.29 is 14.7 Å². The molecule has 1 rings (SSSR count). The fourth-order valence-corrected chi connectivity index (χ4v) is 0.907. The minimum atomic E-state index is -1.17. The third-order valence-electron chi connectivity index (χ3n) is 1.50. The van der Waals surface area contributed by atoms with Crippen molar-refractivity contribution in [3.63, 3.8) is 0 Å². The van der Waals surface area contributed by atoms with Gasteiger partial charge in [-0.1, -0.05) is 30.3 Å². The van der Waals surface area contributed by atoms with Crippen molar-refractivity contribution in [2.24, 2.45) is 0 Å². The van der Waals surface area contributed by atoms with Crippen LogP contribution in [-0.4, -0.2) is 17.4 Å². The molecule has 0 saturated carbocycles. The number of aliphatic carboxylic acids is 1. The van der Waals surface area contributed by atoms with Crippen LogP contribution in [0.1, 0.15) is 11.5 Å². The van der Waals surface area contributed by atoms with E-state index in [1.54, 1.807) is 30.3 Å². The van der Waals surface area contributed by atoms with Gasteiger partial charge in [-0.25, -0.2) is 0 Å². The van der Waals surface area contributed by atoms with Crippen molar-refractivity contribution >= 4 is 12.3 Å². The summed E-state index contributed by atoms with van der Waals surface area (Å²) in [7, 11) is 0. The van der Waals surface area contributed by atoms with Crippen molar-refractivity contribution in [3.8, 4) is 0 Å². The molecule has 3 nitrogen and oxygen atoms in total. The van der Waals surface area contributed by atoms with E-state index in [4.69, 9.17) is 5.11 Å². The van der Waals surface area contributed by atoms with E-state index in [2.05, 4.69) is 0 Å². The Morgan fingerprint density at radius 3 is 2.33 bits per heavy atom. The van der Waals surface area contributed by atoms with Gasteiger partial charge < -0.3 is 5.11 Å². The van der Waals surface area contributed by atoms with Gasteiger partial charge in [0, 0.05) is 0 Å². The Morgan fingerprint density at radius 1 is 1.33 bits per heavy atom. The summed E-state index contributed by atoms with van der Waals surface area (Å²) in [5.41, 5.74) is 0.458. The molecule has 61 valence electrons. The first kappa shape index (κ1) is 8.46. The summed E-state index contributed by atoms with van der Waals surface area (Å²) >= 11 is 0. The Hall–Kier alpha value is -1.64. The molecule has 0 bridgehead atoms. The van der Waals surface area contributed by atoms with E-state index in [1.807, 2.05) is 0 Å². The lowest BCUT2D eigenvalue weighted by molar-refractivity contribution is -0.137. The number of hydrogen-bond acceptors (Lipinski definition) is 2. The third-order valence-corrected chi connectivity index (χ3v) is 1.50. The summed E-state index contributed by atoms with van der Waals surface area (Å²) in [6.07, 6.45) is 1.47. The van der Waals surface area contributed by atoms with Crippen molar-refractivity contribution in [1.82, 2.24) is 0 Å². The van der Waals surface area contributed by atoms with Crippen LogP contribution >= 0.6 is 0 Å². The van der Waals surface area contributed by atoms with E-state index in [-0.39, 0.29) is 0 Å². The first-order valence-corrected chi connectivity index (χ1v) is 3.41. The predicted molar refractivity (Wildman–Crippen MR) is 42.5 cm³/mol. The third kappa shape index (κ3) is 1.69. The normalized spacial score (nSPS) is 12.0. The van der Waals surface area contributed by atoms with Gasteiger partial charge in [-0.3, -0.25) is 9.59 Å². The summed E-state index contributed by atoms with van der Waals surface area (Å²) < 4.78 is 0. The van der Waals surface area contributed by atoms with Gasteiger partial charge in [-0.05, 0) is 5.56 Å². The zero-order valence-electron chi connectivity index (χ0n) is 6.23. The van der Waals surface area contributed by atoms with Crippen LogP contribution in [0.25, 0.3) is 0 Å². The minimum Gasteiger partial charge on any atom is -0.480 e. The maximum Gasteiger partial charge on any atom is 0.319 e. The molecule has 0 unspecified atom stereocenters. The highest BCUT2D eigenvalue weighted by Crippen LogP contribution is 2.12. The lowest BCUT2D eigenvalue weighted by Gasteiger charge is -2.02. The Morgan fingerprint density at radius 2 is 1.92 bits per heavy atom. The summed E-state index contributed by atoms with van der Waals surface area (Å²) in [6, 6.07) is 8.30. The molecule has 1 radical (unpaired) electrons. The number of rotatable bonds is 3. The first-order chi connectivity index (χ1) is 5.75. The molecule has 12 heavy (non-hydrogen) atoms. The van der Waals surface area contributed by atoms with Crippen LogP contribution in [0.3, 0.4) is 0 Å². The number of benzene rings is 1. The van der Waals surface area contributed by atoms with E-state index in [9.17, 15) is 9.59 Å². The summed E-state index contributed by atoms with van der Waals surface area (Å²) in [5.74, 6) is -2.33. The van der Waals surface area contributed by atoms with Crippen LogP contribution in [0.4, 0.5) is 0 Å². The molecule has 0 aliphatic heterocycles. The Labute approximate surface area is 69.6 Å². The molecule has 3 heteroatoms. The zero-order valence-corrected chi connectivity index (χ0v) is 6.23. The van der Waals surface area contributed by atoms with Crippen LogP contribution in [0, 0.1) is 0 Å². The molecule has 0 saturated heterocycles. The van der Waals surface area contributed by atoms with Gasteiger partial charge in [0.1, 0.15) is 5.92 Å². The van der Waals surface area contributed by atoms with Gasteiger partial charge in [0.15, 0.2) is 0 Å². The predicted octanol–water partition coefficient (Wildman–Crippen LogP) is 0.964. The van der Waals surface area contributed by atoms with Gasteiger partial charge in [0.2, 0.25) is 6.29 Å². The SMILES string of the molecule is O=[C][C@H](C(=O)O)c1ccccc1. The second kappa shape index (κ2) is 3.67. The molecule has 0 amide bonds. The summed E-state index contributed by atoms with van der Waals surface area (Å²) in [6.45, 7) is 0. The van der Waals surface area contributed by atoms with Crippen LogP contribution < -0.4 is 0 Å². The van der Waals surface area contributed by atoms with Gasteiger partial charge in [0.05, 0.1) is 0 Å². The Balaban J connectivity index is 2.95. The molecule has 1 N–H and O–H groups in total. The molecule has 1 aromatic rings. The second-order valence-corrected chi connectivity index (χ2v) is 2.30. The molecular weight excluding hydrogens is 156 g/mol. The van der Waals surface area contributed by atoms with Gasteiger partial charge in [-0.15, -0.1) is 0 Å². The number of hydrogen-bond donors (Lipinski definition) is 1. The first-order valence-electron chi connectivity index (χ1n) is 3.41. The molecular formula is C9H7O3. The van der Waals surface area contributed by atoms with E-state index in [0.717, 1.165) is 0 Å². The summed E-state index contributed by atoms with van der Waals surface area (Å²) in [5, 5.41) is 8.56. The molecule has 1 atom stereocenters. The highest BCUT2D eigenvalue weighted by Gasteiger charge is 2.18. The van der Waals surface area contributed by atoms with Crippen molar-refractivity contribution in [1.29, 1.82) is 0 Å². The maximum atomic E-state index is 10.5. The largest absolute Gasteiger partial charge is 0.480 e. The maximum absolute atomic E-state index is 10.5. The lowest BCUT2D eigenvalue weighted by atomic mass is 10.0. The van der Waals surface area contributed by atoms with E-state index in [1.165, 1.54) is 6.29 Å². The van der Waals surface area contributed by atoms with Crippen LogP contribution in [0.15, 0.2) is 30.3 Å². The zero-order chi connectivity index (χ0) is 8.97. The van der Waals surface area contributed by atoms with Crippen LogP contribution in [0.5, 0.6) is 0 Å². The van der Waals surface area contributed by atoms with E-state index < -0.39 is 11.9 Å². The number of carbonyl (C=O) groups is 1. The highest BCUT2D eigenvalue weighted by atomic mass is 16.4. The molecule has 0 fully saturated rings. The number of carbonyl (C=O) groups excluding carboxylic acids is 1. The van der Waals surface area contributed by atoms with E-state index >= 15 is 0 Å². The molecule has 0 heterocycles. The quantitative estimate of drug-likeness (QED) is 0.675. The van der Waals surface area contributed by atoms with E-state index in [0.29, 0.717) is 5.56 Å². The minimum absolute atomic E-state index is 0.458. The lowest BCUT2D eigenvalue weighted by Crippen LogP contribution is -2.12. The molecule has 0 aromatic heterocycles. The monoisotopic (exact) mass is 163 g/mol. The standard InChI is InChI=1S/C9H7O3/c10-6-8(9(11)12)7-4-2-1-3-5-7/h1-5,8H,(H,11,12)/t8-/m0/s1. The van der Waals surface area contributed by atoms with Gasteiger partial charge in [-0.2, -0.15) is 0 Å². The van der Waals surface area contributed by atoms with Gasteiger partial charge >= 0.3 is 5.97 Å². The van der Waals surface area contributed by atoms with Crippen molar-refractivity contribution in [2.45, 2.75) is 5.92 Å². The van der Waals surface area contributed by atoms with Crippen LogP contribution in [0.2, 0.25) is 0 Å². The molecule has 1 aromatic carbocycles.